The zero-order valence-electron chi connectivity index (χ0n) is 10.8. The Balaban J connectivity index is 1.82. The third-order valence-electron chi connectivity index (χ3n) is 2.98. The lowest BCUT2D eigenvalue weighted by molar-refractivity contribution is 0.516. The van der Waals surface area contributed by atoms with Crippen LogP contribution < -0.4 is 5.32 Å². The van der Waals surface area contributed by atoms with Crippen molar-refractivity contribution in [3.8, 4) is 11.5 Å². The van der Waals surface area contributed by atoms with Crippen LogP contribution in [0.2, 0.25) is 0 Å². The molecule has 0 atom stereocenters. The molecule has 0 radical (unpaired) electrons. The predicted octanol–water partition coefficient (Wildman–Crippen LogP) is 4.01. The quantitative estimate of drug-likeness (QED) is 0.781. The fourth-order valence-corrected chi connectivity index (χ4v) is 2.21. The van der Waals surface area contributed by atoms with Gasteiger partial charge in [-0.25, -0.2) is 0 Å². The summed E-state index contributed by atoms with van der Waals surface area (Å²) in [5.74, 6) is 1.36. The molecule has 1 aromatic carbocycles. The highest BCUT2D eigenvalue weighted by atomic mass is 79.9. The first-order valence-corrected chi connectivity index (χ1v) is 6.86. The SMILES string of the molecule is Cc1ccc(-c2nnco2)cc1NCc1occc1Br. The van der Waals surface area contributed by atoms with Gasteiger partial charge in [-0.15, -0.1) is 10.2 Å². The molecule has 102 valence electrons. The molecule has 6 heteroatoms. The standard InChI is InChI=1S/C14H12BrN3O2/c1-9-2-3-10(14-18-17-8-20-14)6-12(9)16-7-13-11(15)4-5-19-13/h2-6,8,16H,7H2,1H3. The monoisotopic (exact) mass is 333 g/mol. The van der Waals surface area contributed by atoms with Crippen molar-refractivity contribution in [3.63, 3.8) is 0 Å². The molecule has 0 saturated heterocycles. The number of hydrogen-bond donors (Lipinski definition) is 1. The molecule has 0 amide bonds. The average Bonchev–Trinajstić information content (AvgIpc) is 3.10. The number of nitrogens with zero attached hydrogens (tertiary/aromatic N) is 2. The van der Waals surface area contributed by atoms with Gasteiger partial charge in [-0.3, -0.25) is 0 Å². The number of aromatic nitrogens is 2. The van der Waals surface area contributed by atoms with Crippen LogP contribution in [0.1, 0.15) is 11.3 Å². The van der Waals surface area contributed by atoms with Crippen LogP contribution in [0.25, 0.3) is 11.5 Å². The van der Waals surface area contributed by atoms with E-state index in [1.165, 1.54) is 6.39 Å². The molecule has 3 aromatic rings. The highest BCUT2D eigenvalue weighted by molar-refractivity contribution is 9.10. The van der Waals surface area contributed by atoms with E-state index in [9.17, 15) is 0 Å². The minimum atomic E-state index is 0.507. The Morgan fingerprint density at radius 3 is 2.85 bits per heavy atom. The normalized spacial score (nSPS) is 10.7. The van der Waals surface area contributed by atoms with E-state index < -0.39 is 0 Å². The van der Waals surface area contributed by atoms with Crippen LogP contribution in [-0.4, -0.2) is 10.2 Å². The molecular formula is C14H12BrN3O2. The van der Waals surface area contributed by atoms with Crippen molar-refractivity contribution in [2.75, 3.05) is 5.32 Å². The first-order valence-electron chi connectivity index (χ1n) is 6.07. The number of hydrogen-bond acceptors (Lipinski definition) is 5. The number of furan rings is 1. The summed E-state index contributed by atoms with van der Waals surface area (Å²) in [5, 5.41) is 10.9. The smallest absolute Gasteiger partial charge is 0.247 e. The first kappa shape index (κ1) is 12.9. The topological polar surface area (TPSA) is 64.1 Å². The molecule has 0 unspecified atom stereocenters. The van der Waals surface area contributed by atoms with E-state index in [1.807, 2.05) is 31.2 Å². The van der Waals surface area contributed by atoms with Crippen LogP contribution >= 0.6 is 15.9 Å². The summed E-state index contributed by atoms with van der Waals surface area (Å²) in [6, 6.07) is 7.83. The molecule has 0 fully saturated rings. The zero-order chi connectivity index (χ0) is 13.9. The second kappa shape index (κ2) is 5.50. The van der Waals surface area contributed by atoms with E-state index in [1.54, 1.807) is 6.26 Å². The molecule has 5 nitrogen and oxygen atoms in total. The highest BCUT2D eigenvalue weighted by Gasteiger charge is 2.08. The summed E-state index contributed by atoms with van der Waals surface area (Å²) < 4.78 is 11.5. The fourth-order valence-electron chi connectivity index (χ4n) is 1.87. The van der Waals surface area contributed by atoms with Crippen molar-refractivity contribution in [2.24, 2.45) is 0 Å². The molecular weight excluding hydrogens is 322 g/mol. The number of benzene rings is 1. The largest absolute Gasteiger partial charge is 0.466 e. The average molecular weight is 334 g/mol. The van der Waals surface area contributed by atoms with Gasteiger partial charge < -0.3 is 14.2 Å². The van der Waals surface area contributed by atoms with Gasteiger partial charge in [-0.2, -0.15) is 0 Å². The van der Waals surface area contributed by atoms with Gasteiger partial charge >= 0.3 is 0 Å². The summed E-state index contributed by atoms with van der Waals surface area (Å²) >= 11 is 3.44. The lowest BCUT2D eigenvalue weighted by Gasteiger charge is -2.09. The summed E-state index contributed by atoms with van der Waals surface area (Å²) in [7, 11) is 0. The Kier molecular flexibility index (Phi) is 3.56. The molecule has 1 N–H and O–H groups in total. The van der Waals surface area contributed by atoms with E-state index >= 15 is 0 Å². The van der Waals surface area contributed by atoms with E-state index in [-0.39, 0.29) is 0 Å². The molecule has 0 aliphatic heterocycles. The zero-order valence-corrected chi connectivity index (χ0v) is 12.3. The first-order chi connectivity index (χ1) is 9.74. The van der Waals surface area contributed by atoms with Gasteiger partial charge in [0.2, 0.25) is 12.3 Å². The van der Waals surface area contributed by atoms with Crippen LogP contribution in [0.3, 0.4) is 0 Å². The van der Waals surface area contributed by atoms with Gasteiger partial charge in [0.25, 0.3) is 0 Å². The highest BCUT2D eigenvalue weighted by Crippen LogP contribution is 2.25. The molecule has 0 spiro atoms. The predicted molar refractivity (Wildman–Crippen MR) is 78.2 cm³/mol. The van der Waals surface area contributed by atoms with Gasteiger partial charge in [-0.1, -0.05) is 6.07 Å². The molecule has 20 heavy (non-hydrogen) atoms. The molecule has 2 heterocycles. The molecule has 0 aliphatic carbocycles. The maximum Gasteiger partial charge on any atom is 0.247 e. The minimum absolute atomic E-state index is 0.507. The fraction of sp³-hybridized carbons (Fsp3) is 0.143. The molecule has 0 bridgehead atoms. The number of aryl methyl sites for hydroxylation is 1. The van der Waals surface area contributed by atoms with Crippen molar-refractivity contribution in [1.29, 1.82) is 0 Å². The van der Waals surface area contributed by atoms with Gasteiger partial charge in [0.15, 0.2) is 0 Å². The Labute approximate surface area is 124 Å². The van der Waals surface area contributed by atoms with Crippen LogP contribution in [0.5, 0.6) is 0 Å². The van der Waals surface area contributed by atoms with Gasteiger partial charge in [0.05, 0.1) is 17.3 Å². The van der Waals surface area contributed by atoms with Crippen molar-refractivity contribution in [3.05, 3.63) is 52.7 Å². The lowest BCUT2D eigenvalue weighted by atomic mass is 10.1. The number of nitrogens with one attached hydrogen (secondary N) is 1. The van der Waals surface area contributed by atoms with Crippen molar-refractivity contribution in [1.82, 2.24) is 10.2 Å². The van der Waals surface area contributed by atoms with Crippen LogP contribution in [0.4, 0.5) is 5.69 Å². The Hall–Kier alpha value is -2.08. The Morgan fingerprint density at radius 2 is 2.15 bits per heavy atom. The third-order valence-corrected chi connectivity index (χ3v) is 3.68. The second-order valence-electron chi connectivity index (χ2n) is 4.32. The summed E-state index contributed by atoms with van der Waals surface area (Å²) in [5.41, 5.74) is 3.02. The third kappa shape index (κ3) is 2.60. The van der Waals surface area contributed by atoms with Gasteiger partial charge in [0.1, 0.15) is 5.76 Å². The summed E-state index contributed by atoms with van der Waals surface area (Å²) in [6.07, 6.45) is 2.98. The van der Waals surface area contributed by atoms with Crippen LogP contribution in [-0.2, 0) is 6.54 Å². The van der Waals surface area contributed by atoms with E-state index in [4.69, 9.17) is 8.83 Å². The van der Waals surface area contributed by atoms with Crippen LogP contribution in [0.15, 0.2) is 50.2 Å². The molecule has 0 aliphatic rings. The second-order valence-corrected chi connectivity index (χ2v) is 5.17. The van der Waals surface area contributed by atoms with E-state index in [2.05, 4.69) is 31.4 Å². The molecule has 3 rings (SSSR count). The molecule has 0 saturated carbocycles. The van der Waals surface area contributed by atoms with Crippen molar-refractivity contribution < 1.29 is 8.83 Å². The maximum atomic E-state index is 5.38. The summed E-state index contributed by atoms with van der Waals surface area (Å²) in [4.78, 5) is 0. The number of anilines is 1. The molecule has 2 aromatic heterocycles. The Morgan fingerprint density at radius 1 is 1.25 bits per heavy atom. The van der Waals surface area contributed by atoms with E-state index in [0.717, 1.165) is 27.0 Å². The van der Waals surface area contributed by atoms with Crippen LogP contribution in [0, 0.1) is 6.92 Å². The lowest BCUT2D eigenvalue weighted by Crippen LogP contribution is -2.00. The number of halogens is 1. The Bertz CT molecular complexity index is 707. The van der Waals surface area contributed by atoms with Crippen molar-refractivity contribution >= 4 is 21.6 Å². The van der Waals surface area contributed by atoms with Gasteiger partial charge in [0, 0.05) is 11.3 Å². The number of rotatable bonds is 4. The van der Waals surface area contributed by atoms with Crippen molar-refractivity contribution in [2.45, 2.75) is 13.5 Å². The van der Waals surface area contributed by atoms with E-state index in [0.29, 0.717) is 12.4 Å². The maximum absolute atomic E-state index is 5.38. The van der Waals surface area contributed by atoms with Gasteiger partial charge in [-0.05, 0) is 46.6 Å². The minimum Gasteiger partial charge on any atom is -0.466 e. The summed E-state index contributed by atoms with van der Waals surface area (Å²) in [6.45, 7) is 2.64.